The van der Waals surface area contributed by atoms with E-state index in [1.54, 1.807) is 12.4 Å². The Bertz CT molecular complexity index is 1100. The minimum absolute atomic E-state index is 0.0244. The molecule has 9 nitrogen and oxygen atoms in total. The molecule has 0 amide bonds. The molecule has 0 aromatic carbocycles. The molecule has 0 spiro atoms. The molecule has 1 saturated heterocycles. The summed E-state index contributed by atoms with van der Waals surface area (Å²) in [7, 11) is 0. The average molecular weight is 389 g/mol. The topological polar surface area (TPSA) is 106 Å². The number of pyridine rings is 1. The second-order valence-electron chi connectivity index (χ2n) is 6.84. The van der Waals surface area contributed by atoms with Crippen molar-refractivity contribution in [1.29, 1.82) is 0 Å². The maximum Gasteiger partial charge on any atom is 0.300 e. The van der Waals surface area contributed by atoms with Crippen LogP contribution in [0.4, 0.5) is 17.8 Å². The van der Waals surface area contributed by atoms with Gasteiger partial charge < -0.3 is 13.8 Å². The molecule has 0 aliphatic carbocycles. The highest BCUT2D eigenvalue weighted by Crippen LogP contribution is 2.36. The van der Waals surface area contributed by atoms with Crippen molar-refractivity contribution in [2.45, 2.75) is 25.8 Å². The highest BCUT2D eigenvalue weighted by molar-refractivity contribution is 5.55. The molecular weight excluding hydrogens is 370 g/mol. The first kappa shape index (κ1) is 17.4. The van der Waals surface area contributed by atoms with Crippen molar-refractivity contribution in [2.75, 3.05) is 16.8 Å². The van der Waals surface area contributed by atoms with Crippen LogP contribution in [0.2, 0.25) is 0 Å². The molecule has 1 aliphatic rings. The smallest absolute Gasteiger partial charge is 0.300 e. The van der Waals surface area contributed by atoms with E-state index < -0.39 is 0 Å². The Kier molecular flexibility index (Phi) is 4.39. The molecular formula is C20H19N7O2. The van der Waals surface area contributed by atoms with E-state index in [-0.39, 0.29) is 6.04 Å². The highest BCUT2D eigenvalue weighted by atomic mass is 16.5. The molecule has 9 heteroatoms. The zero-order valence-electron chi connectivity index (χ0n) is 15.8. The van der Waals surface area contributed by atoms with Gasteiger partial charge in [0.1, 0.15) is 17.8 Å². The van der Waals surface area contributed by atoms with Gasteiger partial charge in [0.15, 0.2) is 5.76 Å². The number of aromatic nitrogens is 5. The van der Waals surface area contributed by atoms with Gasteiger partial charge in [0.05, 0.1) is 17.9 Å². The maximum atomic E-state index is 5.67. The lowest BCUT2D eigenvalue weighted by molar-refractivity contribution is 0.362. The summed E-state index contributed by atoms with van der Waals surface area (Å²) in [5.74, 6) is 2.06. The van der Waals surface area contributed by atoms with Crippen LogP contribution in [0.5, 0.6) is 0 Å². The van der Waals surface area contributed by atoms with Crippen LogP contribution in [0.3, 0.4) is 0 Å². The van der Waals surface area contributed by atoms with Crippen molar-refractivity contribution < 1.29 is 8.94 Å². The van der Waals surface area contributed by atoms with Crippen LogP contribution in [0, 0.1) is 6.92 Å². The minimum atomic E-state index is 0.0244. The van der Waals surface area contributed by atoms with Crippen LogP contribution in [0.1, 0.15) is 30.3 Å². The fourth-order valence-electron chi connectivity index (χ4n) is 3.52. The van der Waals surface area contributed by atoms with Crippen molar-refractivity contribution in [3.05, 3.63) is 60.4 Å². The zero-order chi connectivity index (χ0) is 19.6. The van der Waals surface area contributed by atoms with Gasteiger partial charge in [0.25, 0.3) is 6.01 Å². The van der Waals surface area contributed by atoms with Gasteiger partial charge in [-0.05, 0) is 31.9 Å². The maximum absolute atomic E-state index is 5.67. The van der Waals surface area contributed by atoms with Crippen LogP contribution in [-0.4, -0.2) is 31.6 Å². The second-order valence-corrected chi connectivity index (χ2v) is 6.84. The van der Waals surface area contributed by atoms with E-state index in [1.807, 2.05) is 37.3 Å². The number of anilines is 3. The zero-order valence-corrected chi connectivity index (χ0v) is 15.8. The Morgan fingerprint density at radius 1 is 1.10 bits per heavy atom. The number of hydrogen-bond donors (Lipinski definition) is 1. The molecule has 146 valence electrons. The lowest BCUT2D eigenvalue weighted by Gasteiger charge is -2.23. The third kappa shape index (κ3) is 3.54. The molecule has 0 radical (unpaired) electrons. The number of oxazole rings is 1. The molecule has 1 N–H and O–H groups in total. The van der Waals surface area contributed by atoms with E-state index in [0.29, 0.717) is 17.8 Å². The van der Waals surface area contributed by atoms with E-state index in [2.05, 4.69) is 35.3 Å². The molecule has 4 aromatic heterocycles. The monoisotopic (exact) mass is 389 g/mol. The van der Waals surface area contributed by atoms with Gasteiger partial charge in [0.2, 0.25) is 5.95 Å². The van der Waals surface area contributed by atoms with E-state index in [4.69, 9.17) is 8.94 Å². The van der Waals surface area contributed by atoms with Gasteiger partial charge >= 0.3 is 0 Å². The summed E-state index contributed by atoms with van der Waals surface area (Å²) in [6.45, 7) is 2.77. The third-order valence-electron chi connectivity index (χ3n) is 4.80. The van der Waals surface area contributed by atoms with E-state index in [0.717, 1.165) is 42.2 Å². The molecule has 4 aromatic rings. The number of aryl methyl sites for hydroxylation is 1. The average Bonchev–Trinajstić information content (AvgIpc) is 3.49. The van der Waals surface area contributed by atoms with Crippen LogP contribution < -0.4 is 10.2 Å². The van der Waals surface area contributed by atoms with Gasteiger partial charge in [-0.25, -0.2) is 9.97 Å². The summed E-state index contributed by atoms with van der Waals surface area (Å²) in [5.41, 5.74) is 2.36. The van der Waals surface area contributed by atoms with Gasteiger partial charge in [-0.1, -0.05) is 11.2 Å². The molecule has 1 atom stereocenters. The fraction of sp³-hybridized carbons (Fsp3) is 0.250. The molecule has 5 rings (SSSR count). The quantitative estimate of drug-likeness (QED) is 0.543. The van der Waals surface area contributed by atoms with E-state index in [1.165, 1.54) is 6.26 Å². The molecule has 5 heterocycles. The summed E-state index contributed by atoms with van der Waals surface area (Å²) in [6.07, 6.45) is 6.79. The third-order valence-corrected chi connectivity index (χ3v) is 4.80. The lowest BCUT2D eigenvalue weighted by Crippen LogP contribution is -2.25. The number of nitrogens with one attached hydrogen (secondary N) is 1. The van der Waals surface area contributed by atoms with Gasteiger partial charge in [-0.2, -0.15) is 4.98 Å². The SMILES string of the molecule is Cc1cc(Nc2ncco2)nc(N2CCC[C@H]2c2cc(-c3ccccn3)no2)n1. The summed E-state index contributed by atoms with van der Waals surface area (Å²) in [6, 6.07) is 9.94. The Hall–Kier alpha value is -3.75. The first-order valence-electron chi connectivity index (χ1n) is 9.43. The van der Waals surface area contributed by atoms with Gasteiger partial charge in [-0.3, -0.25) is 10.3 Å². The van der Waals surface area contributed by atoms with Crippen molar-refractivity contribution in [3.63, 3.8) is 0 Å². The summed E-state index contributed by atoms with van der Waals surface area (Å²) < 4.78 is 10.9. The van der Waals surface area contributed by atoms with Crippen molar-refractivity contribution in [1.82, 2.24) is 25.1 Å². The Morgan fingerprint density at radius 3 is 2.90 bits per heavy atom. The normalized spacial score (nSPS) is 16.3. The van der Waals surface area contributed by atoms with Crippen LogP contribution in [-0.2, 0) is 0 Å². The number of nitrogens with zero attached hydrogens (tertiary/aromatic N) is 6. The number of rotatable bonds is 5. The minimum Gasteiger partial charge on any atom is -0.432 e. The Labute approximate surface area is 166 Å². The first-order valence-corrected chi connectivity index (χ1v) is 9.43. The van der Waals surface area contributed by atoms with Crippen LogP contribution >= 0.6 is 0 Å². The van der Waals surface area contributed by atoms with Gasteiger partial charge in [0, 0.05) is 30.6 Å². The van der Waals surface area contributed by atoms with E-state index in [9.17, 15) is 0 Å². The lowest BCUT2D eigenvalue weighted by atomic mass is 10.1. The van der Waals surface area contributed by atoms with Crippen LogP contribution in [0.25, 0.3) is 11.4 Å². The van der Waals surface area contributed by atoms with E-state index >= 15 is 0 Å². The molecule has 1 fully saturated rings. The molecule has 0 bridgehead atoms. The van der Waals surface area contributed by atoms with Crippen molar-refractivity contribution >= 4 is 17.8 Å². The predicted octanol–water partition coefficient (Wildman–Crippen LogP) is 3.91. The molecule has 0 saturated carbocycles. The molecule has 29 heavy (non-hydrogen) atoms. The predicted molar refractivity (Wildman–Crippen MR) is 106 cm³/mol. The fourth-order valence-corrected chi connectivity index (χ4v) is 3.52. The van der Waals surface area contributed by atoms with Crippen molar-refractivity contribution in [3.8, 4) is 11.4 Å². The summed E-state index contributed by atoms with van der Waals surface area (Å²) in [5, 5.41) is 7.28. The molecule has 1 aliphatic heterocycles. The Balaban J connectivity index is 1.42. The van der Waals surface area contributed by atoms with Crippen molar-refractivity contribution in [2.24, 2.45) is 0 Å². The standard InChI is InChI=1S/C20H19N7O2/c1-13-11-18(25-20-22-8-10-28-20)24-19(23-13)27-9-4-6-16(27)17-12-15(26-29-17)14-5-2-3-7-21-14/h2-3,5,7-8,10-12,16H,4,6,9H2,1H3,(H,22,23,24,25)/t16-/m0/s1. The highest BCUT2D eigenvalue weighted by Gasteiger charge is 2.32. The second kappa shape index (κ2) is 7.34. The van der Waals surface area contributed by atoms with Crippen LogP contribution in [0.15, 0.2) is 57.9 Å². The first-order chi connectivity index (χ1) is 14.3. The summed E-state index contributed by atoms with van der Waals surface area (Å²) in [4.78, 5) is 19.9. The largest absolute Gasteiger partial charge is 0.432 e. The number of hydrogen-bond acceptors (Lipinski definition) is 9. The summed E-state index contributed by atoms with van der Waals surface area (Å²) >= 11 is 0. The van der Waals surface area contributed by atoms with Gasteiger partial charge in [-0.15, -0.1) is 0 Å². The molecule has 0 unspecified atom stereocenters. The Morgan fingerprint density at radius 2 is 2.07 bits per heavy atom.